The van der Waals surface area contributed by atoms with Crippen LogP contribution < -0.4 is 0 Å². The summed E-state index contributed by atoms with van der Waals surface area (Å²) in [6.07, 6.45) is 5.34. The molecule has 0 aromatic heterocycles. The fourth-order valence-corrected chi connectivity index (χ4v) is 3.69. The van der Waals surface area contributed by atoms with Crippen molar-refractivity contribution in [3.63, 3.8) is 0 Å². The highest BCUT2D eigenvalue weighted by molar-refractivity contribution is 5.88. The van der Waals surface area contributed by atoms with E-state index in [0.29, 0.717) is 43.4 Å². The Kier molecular flexibility index (Phi) is 1.56. The van der Waals surface area contributed by atoms with Crippen LogP contribution in [-0.2, 0) is 9.59 Å². The first kappa shape index (κ1) is 8.45. The lowest BCUT2D eigenvalue weighted by atomic mass is 9.80. The summed E-state index contributed by atoms with van der Waals surface area (Å²) >= 11 is 0. The molecule has 3 aliphatic rings. The second kappa shape index (κ2) is 2.59. The average molecular weight is 193 g/mol. The van der Waals surface area contributed by atoms with E-state index in [1.54, 1.807) is 0 Å². The summed E-state index contributed by atoms with van der Waals surface area (Å²) in [5.74, 6) is 1.14. The molecule has 0 aromatic rings. The van der Waals surface area contributed by atoms with E-state index in [1.165, 1.54) is 6.42 Å². The maximum Gasteiger partial charge on any atom is 0.223 e. The normalized spacial score (nSPS) is 41.4. The molecule has 0 bridgehead atoms. The van der Waals surface area contributed by atoms with Gasteiger partial charge in [0.05, 0.1) is 5.54 Å². The molecule has 3 heteroatoms. The van der Waals surface area contributed by atoms with Gasteiger partial charge in [0.25, 0.3) is 0 Å². The first-order valence-corrected chi connectivity index (χ1v) is 5.54. The summed E-state index contributed by atoms with van der Waals surface area (Å²) in [5.41, 5.74) is -0.0214. The first-order valence-electron chi connectivity index (χ1n) is 5.54. The number of rotatable bonds is 0. The standard InChI is InChI=1S/C11H15NO2/c13-9-3-5-12-10(14)6-8-2-1-4-11(8,12)7-9/h8H,1-7H2/t8-,11+/m1/s1. The number of hydrogen-bond donors (Lipinski definition) is 0. The SMILES string of the molecule is O=C1CCN2C(=O)C[C@H]3CCC[C@]32C1. The zero-order chi connectivity index (χ0) is 9.76. The van der Waals surface area contributed by atoms with Gasteiger partial charge in [0.1, 0.15) is 5.78 Å². The minimum atomic E-state index is -0.0214. The van der Waals surface area contributed by atoms with Crippen LogP contribution in [0.3, 0.4) is 0 Å². The highest BCUT2D eigenvalue weighted by atomic mass is 16.2. The van der Waals surface area contributed by atoms with Gasteiger partial charge in [0.2, 0.25) is 5.91 Å². The molecule has 0 N–H and O–H groups in total. The molecular weight excluding hydrogens is 178 g/mol. The number of piperidine rings is 1. The van der Waals surface area contributed by atoms with Crippen molar-refractivity contribution in [3.05, 3.63) is 0 Å². The maximum atomic E-state index is 11.7. The van der Waals surface area contributed by atoms with Crippen molar-refractivity contribution >= 4 is 11.7 Å². The van der Waals surface area contributed by atoms with Crippen molar-refractivity contribution in [1.29, 1.82) is 0 Å². The summed E-state index contributed by atoms with van der Waals surface area (Å²) in [6, 6.07) is 0. The number of carbonyl (C=O) groups is 2. The molecule has 76 valence electrons. The molecule has 0 unspecified atom stereocenters. The Bertz CT molecular complexity index is 312. The fourth-order valence-electron chi connectivity index (χ4n) is 3.69. The van der Waals surface area contributed by atoms with Gasteiger partial charge < -0.3 is 4.90 Å². The topological polar surface area (TPSA) is 37.4 Å². The molecule has 14 heavy (non-hydrogen) atoms. The van der Waals surface area contributed by atoms with E-state index in [9.17, 15) is 9.59 Å². The van der Waals surface area contributed by atoms with E-state index in [4.69, 9.17) is 0 Å². The molecule has 2 aliphatic heterocycles. The van der Waals surface area contributed by atoms with Crippen molar-refractivity contribution in [2.24, 2.45) is 5.92 Å². The lowest BCUT2D eigenvalue weighted by molar-refractivity contribution is -0.137. The van der Waals surface area contributed by atoms with E-state index in [1.807, 2.05) is 4.90 Å². The lowest BCUT2D eigenvalue weighted by Gasteiger charge is -2.41. The summed E-state index contributed by atoms with van der Waals surface area (Å²) in [6.45, 7) is 0.689. The van der Waals surface area contributed by atoms with Gasteiger partial charge >= 0.3 is 0 Å². The Balaban J connectivity index is 2.00. The van der Waals surface area contributed by atoms with Gasteiger partial charge in [0.15, 0.2) is 0 Å². The Labute approximate surface area is 83.5 Å². The molecule has 3 fully saturated rings. The Hall–Kier alpha value is -0.860. The van der Waals surface area contributed by atoms with Crippen LogP contribution in [0.25, 0.3) is 0 Å². The maximum absolute atomic E-state index is 11.7. The predicted octanol–water partition coefficient (Wildman–Crippen LogP) is 1.12. The second-order valence-electron chi connectivity index (χ2n) is 4.91. The lowest BCUT2D eigenvalue weighted by Crippen LogP contribution is -2.52. The molecule has 3 rings (SSSR count). The monoisotopic (exact) mass is 193 g/mol. The largest absolute Gasteiger partial charge is 0.336 e. The molecule has 2 saturated heterocycles. The van der Waals surface area contributed by atoms with E-state index < -0.39 is 0 Å². The zero-order valence-electron chi connectivity index (χ0n) is 8.29. The molecule has 1 amide bonds. The third kappa shape index (κ3) is 0.877. The molecule has 1 saturated carbocycles. The van der Waals surface area contributed by atoms with Crippen LogP contribution in [0.2, 0.25) is 0 Å². The minimum absolute atomic E-state index is 0.0214. The van der Waals surface area contributed by atoms with Crippen molar-refractivity contribution in [2.45, 2.75) is 44.1 Å². The number of Topliss-reactive ketones (excluding diaryl/α,β-unsaturated/α-hetero) is 1. The third-order valence-electron chi connectivity index (χ3n) is 4.30. The zero-order valence-corrected chi connectivity index (χ0v) is 8.29. The summed E-state index contributed by atoms with van der Waals surface area (Å²) < 4.78 is 0. The molecule has 3 nitrogen and oxygen atoms in total. The van der Waals surface area contributed by atoms with E-state index in [0.717, 1.165) is 12.8 Å². The third-order valence-corrected chi connectivity index (χ3v) is 4.30. The average Bonchev–Trinajstić information content (AvgIpc) is 2.58. The van der Waals surface area contributed by atoms with Crippen molar-refractivity contribution < 1.29 is 9.59 Å². The molecular formula is C11H15NO2. The quantitative estimate of drug-likeness (QED) is 0.578. The minimum Gasteiger partial charge on any atom is -0.336 e. The summed E-state index contributed by atoms with van der Waals surface area (Å²) in [5, 5.41) is 0. The number of hydrogen-bond acceptors (Lipinski definition) is 2. The number of amides is 1. The van der Waals surface area contributed by atoms with Crippen LogP contribution >= 0.6 is 0 Å². The van der Waals surface area contributed by atoms with Gasteiger partial charge in [-0.2, -0.15) is 0 Å². The highest BCUT2D eigenvalue weighted by Gasteiger charge is 2.56. The van der Waals surface area contributed by atoms with E-state index in [2.05, 4.69) is 0 Å². The van der Waals surface area contributed by atoms with Gasteiger partial charge in [-0.3, -0.25) is 9.59 Å². The Morgan fingerprint density at radius 3 is 3.07 bits per heavy atom. The van der Waals surface area contributed by atoms with Gasteiger partial charge in [-0.1, -0.05) is 6.42 Å². The van der Waals surface area contributed by atoms with Crippen molar-refractivity contribution in [2.75, 3.05) is 6.54 Å². The van der Waals surface area contributed by atoms with Crippen LogP contribution in [0.15, 0.2) is 0 Å². The predicted molar refractivity (Wildman–Crippen MR) is 50.6 cm³/mol. The van der Waals surface area contributed by atoms with Crippen molar-refractivity contribution in [1.82, 2.24) is 4.90 Å². The van der Waals surface area contributed by atoms with Crippen LogP contribution in [0.1, 0.15) is 38.5 Å². The van der Waals surface area contributed by atoms with E-state index in [-0.39, 0.29) is 5.54 Å². The van der Waals surface area contributed by atoms with Crippen molar-refractivity contribution in [3.8, 4) is 0 Å². The smallest absolute Gasteiger partial charge is 0.223 e. The molecule has 1 aliphatic carbocycles. The summed E-state index contributed by atoms with van der Waals surface area (Å²) in [7, 11) is 0. The number of carbonyl (C=O) groups excluding carboxylic acids is 2. The first-order chi connectivity index (χ1) is 6.72. The van der Waals surface area contributed by atoms with Crippen LogP contribution in [0.5, 0.6) is 0 Å². The molecule has 0 aromatic carbocycles. The summed E-state index contributed by atoms with van der Waals surface area (Å²) in [4.78, 5) is 25.3. The van der Waals surface area contributed by atoms with Crippen LogP contribution in [0, 0.1) is 5.92 Å². The Morgan fingerprint density at radius 1 is 1.36 bits per heavy atom. The molecule has 2 heterocycles. The number of nitrogens with zero attached hydrogens (tertiary/aromatic N) is 1. The highest BCUT2D eigenvalue weighted by Crippen LogP contribution is 2.51. The van der Waals surface area contributed by atoms with E-state index >= 15 is 0 Å². The van der Waals surface area contributed by atoms with Gasteiger partial charge in [-0.15, -0.1) is 0 Å². The van der Waals surface area contributed by atoms with Crippen LogP contribution in [0.4, 0.5) is 0 Å². The Morgan fingerprint density at radius 2 is 2.21 bits per heavy atom. The van der Waals surface area contributed by atoms with Crippen LogP contribution in [-0.4, -0.2) is 28.7 Å². The molecule has 1 spiro atoms. The fraction of sp³-hybridized carbons (Fsp3) is 0.818. The van der Waals surface area contributed by atoms with Gasteiger partial charge in [-0.05, 0) is 18.8 Å². The van der Waals surface area contributed by atoms with Gasteiger partial charge in [0, 0.05) is 25.8 Å². The number of ketones is 1. The van der Waals surface area contributed by atoms with Gasteiger partial charge in [-0.25, -0.2) is 0 Å². The molecule has 2 atom stereocenters. The second-order valence-corrected chi connectivity index (χ2v) is 4.91. The molecule has 0 radical (unpaired) electrons.